The highest BCUT2D eigenvalue weighted by Gasteiger charge is 1.94. The number of hydrogen-bond donors (Lipinski definition) is 1. The van der Waals surface area contributed by atoms with Crippen LogP contribution < -0.4 is 5.32 Å². The first-order valence-electron chi connectivity index (χ1n) is 2.45. The van der Waals surface area contributed by atoms with Crippen LogP contribution in [0.5, 0.6) is 0 Å². The van der Waals surface area contributed by atoms with Crippen LogP contribution in [0.2, 0.25) is 0 Å². The van der Waals surface area contributed by atoms with Gasteiger partial charge in [0.05, 0.1) is 0 Å². The Bertz CT molecular complexity index is 206. The molecule has 0 aliphatic rings. The third-order valence-electron chi connectivity index (χ3n) is 0.826. The number of amides is 1. The normalized spacial score (nSPS) is 9.00. The minimum atomic E-state index is 0.447. The van der Waals surface area contributed by atoms with E-state index in [0.29, 0.717) is 18.1 Å². The van der Waals surface area contributed by atoms with E-state index in [1.54, 1.807) is 6.92 Å². The van der Waals surface area contributed by atoms with Crippen molar-refractivity contribution in [2.45, 2.75) is 6.92 Å². The van der Waals surface area contributed by atoms with Crippen molar-refractivity contribution >= 4 is 12.2 Å². The van der Waals surface area contributed by atoms with E-state index in [-0.39, 0.29) is 0 Å². The van der Waals surface area contributed by atoms with E-state index in [9.17, 15) is 4.79 Å². The number of hydrogen-bond acceptors (Lipinski definition) is 3. The van der Waals surface area contributed by atoms with Gasteiger partial charge >= 0.3 is 0 Å². The van der Waals surface area contributed by atoms with E-state index >= 15 is 0 Å². The average Bonchev–Trinajstić information content (AvgIpc) is 2.17. The largest absolute Gasteiger partial charge is 0.447 e. The van der Waals surface area contributed by atoms with Crippen LogP contribution in [0.25, 0.3) is 0 Å². The highest BCUT2D eigenvalue weighted by atomic mass is 16.3. The molecule has 0 saturated heterocycles. The topological polar surface area (TPSA) is 55.1 Å². The number of nitrogens with one attached hydrogen (secondary N) is 1. The Kier molecular flexibility index (Phi) is 1.48. The summed E-state index contributed by atoms with van der Waals surface area (Å²) in [5.41, 5.74) is 0. The first-order chi connectivity index (χ1) is 4.33. The van der Waals surface area contributed by atoms with Crippen LogP contribution in [0.15, 0.2) is 10.7 Å². The molecule has 1 N–H and O–H groups in total. The summed E-state index contributed by atoms with van der Waals surface area (Å²) in [6.07, 6.45) is 1.93. The lowest BCUT2D eigenvalue weighted by Gasteiger charge is -1.82. The van der Waals surface area contributed by atoms with Crippen molar-refractivity contribution in [2.24, 2.45) is 0 Å². The van der Waals surface area contributed by atoms with E-state index in [1.165, 1.54) is 6.26 Å². The van der Waals surface area contributed by atoms with E-state index in [2.05, 4.69) is 10.3 Å². The molecule has 1 aromatic heterocycles. The Morgan fingerprint density at radius 3 is 3.11 bits per heavy atom. The van der Waals surface area contributed by atoms with Gasteiger partial charge < -0.3 is 9.73 Å². The molecule has 1 rings (SSSR count). The highest BCUT2D eigenvalue weighted by molar-refractivity contribution is 5.67. The van der Waals surface area contributed by atoms with Crippen molar-refractivity contribution < 1.29 is 9.21 Å². The van der Waals surface area contributed by atoms with Gasteiger partial charge in [0, 0.05) is 6.92 Å². The van der Waals surface area contributed by atoms with Gasteiger partial charge in [-0.05, 0) is 0 Å². The van der Waals surface area contributed by atoms with Gasteiger partial charge in [-0.25, -0.2) is 0 Å². The summed E-state index contributed by atoms with van der Waals surface area (Å²) in [6, 6.07) is 0. The molecule has 1 aromatic rings. The molecular formula is C5H6N2O2. The first-order valence-corrected chi connectivity index (χ1v) is 2.45. The average molecular weight is 126 g/mol. The number of carbonyl (C=O) groups excluding carboxylic acids is 1. The molecule has 0 aromatic carbocycles. The second kappa shape index (κ2) is 2.30. The molecule has 0 spiro atoms. The quantitative estimate of drug-likeness (QED) is 0.589. The van der Waals surface area contributed by atoms with E-state index in [0.717, 1.165) is 0 Å². The van der Waals surface area contributed by atoms with Crippen LogP contribution in [0.3, 0.4) is 0 Å². The fraction of sp³-hybridized carbons (Fsp3) is 0.200. The molecular weight excluding hydrogens is 120 g/mol. The lowest BCUT2D eigenvalue weighted by Crippen LogP contribution is -1.92. The maximum Gasteiger partial charge on any atom is 0.212 e. The molecule has 4 heteroatoms. The Balaban J connectivity index is 2.72. The Morgan fingerprint density at radius 2 is 2.67 bits per heavy atom. The Labute approximate surface area is 51.9 Å². The molecule has 9 heavy (non-hydrogen) atoms. The molecule has 0 radical (unpaired) electrons. The van der Waals surface area contributed by atoms with E-state index < -0.39 is 0 Å². The Hall–Kier alpha value is -1.32. The van der Waals surface area contributed by atoms with E-state index in [4.69, 9.17) is 4.42 Å². The second-order valence-electron chi connectivity index (χ2n) is 1.51. The zero-order valence-electron chi connectivity index (χ0n) is 4.92. The third-order valence-corrected chi connectivity index (χ3v) is 0.826. The molecule has 0 saturated carbocycles. The SMILES string of the molecule is Cc1nc(NC=O)co1. The number of oxazole rings is 1. The predicted octanol–water partition coefficient (Wildman–Crippen LogP) is 0.551. The van der Waals surface area contributed by atoms with Crippen LogP contribution in [-0.4, -0.2) is 11.4 Å². The molecule has 1 heterocycles. The smallest absolute Gasteiger partial charge is 0.212 e. The molecule has 0 aliphatic carbocycles. The summed E-state index contributed by atoms with van der Waals surface area (Å²) in [4.78, 5) is 13.6. The summed E-state index contributed by atoms with van der Waals surface area (Å²) in [6.45, 7) is 1.70. The van der Waals surface area contributed by atoms with Gasteiger partial charge in [0.1, 0.15) is 6.26 Å². The molecule has 1 amide bonds. The number of carbonyl (C=O) groups is 1. The second-order valence-corrected chi connectivity index (χ2v) is 1.51. The van der Waals surface area contributed by atoms with Crippen LogP contribution in [0.1, 0.15) is 5.89 Å². The molecule has 48 valence electrons. The lowest BCUT2D eigenvalue weighted by atomic mass is 10.7. The third kappa shape index (κ3) is 1.28. The van der Waals surface area contributed by atoms with E-state index in [1.807, 2.05) is 0 Å². The number of rotatable bonds is 2. The number of aryl methyl sites for hydroxylation is 1. The molecule has 0 aliphatic heterocycles. The Morgan fingerprint density at radius 1 is 1.89 bits per heavy atom. The maximum atomic E-state index is 9.79. The summed E-state index contributed by atoms with van der Waals surface area (Å²) >= 11 is 0. The van der Waals surface area contributed by atoms with Crippen LogP contribution in [0, 0.1) is 6.92 Å². The zero-order chi connectivity index (χ0) is 6.69. The summed E-state index contributed by atoms with van der Waals surface area (Å²) in [5.74, 6) is 0.988. The number of anilines is 1. The maximum absolute atomic E-state index is 9.79. The summed E-state index contributed by atoms with van der Waals surface area (Å²) in [7, 11) is 0. The van der Waals surface area contributed by atoms with Gasteiger partial charge in [-0.2, -0.15) is 4.98 Å². The fourth-order valence-corrected chi connectivity index (χ4v) is 0.490. The molecule has 4 nitrogen and oxygen atoms in total. The molecule has 0 atom stereocenters. The van der Waals surface area contributed by atoms with Gasteiger partial charge in [0.15, 0.2) is 11.7 Å². The molecule has 0 bridgehead atoms. The van der Waals surface area contributed by atoms with Crippen LogP contribution >= 0.6 is 0 Å². The monoisotopic (exact) mass is 126 g/mol. The zero-order valence-corrected chi connectivity index (χ0v) is 4.92. The van der Waals surface area contributed by atoms with Crippen molar-refractivity contribution in [1.82, 2.24) is 4.98 Å². The van der Waals surface area contributed by atoms with Crippen molar-refractivity contribution in [3.63, 3.8) is 0 Å². The lowest BCUT2D eigenvalue weighted by molar-refractivity contribution is -0.105. The fourth-order valence-electron chi connectivity index (χ4n) is 0.490. The molecule has 0 fully saturated rings. The van der Waals surface area contributed by atoms with Crippen molar-refractivity contribution in [2.75, 3.05) is 5.32 Å². The number of nitrogens with zero attached hydrogens (tertiary/aromatic N) is 1. The summed E-state index contributed by atoms with van der Waals surface area (Å²) in [5, 5.41) is 2.34. The van der Waals surface area contributed by atoms with Gasteiger partial charge in [0.25, 0.3) is 0 Å². The van der Waals surface area contributed by atoms with Gasteiger partial charge in [-0.1, -0.05) is 0 Å². The summed E-state index contributed by atoms with van der Waals surface area (Å²) < 4.78 is 4.78. The minimum absolute atomic E-state index is 0.447. The van der Waals surface area contributed by atoms with Crippen molar-refractivity contribution in [1.29, 1.82) is 0 Å². The predicted molar refractivity (Wildman–Crippen MR) is 30.9 cm³/mol. The van der Waals surface area contributed by atoms with Crippen molar-refractivity contribution in [3.8, 4) is 0 Å². The molecule has 0 unspecified atom stereocenters. The highest BCUT2D eigenvalue weighted by Crippen LogP contribution is 2.03. The minimum Gasteiger partial charge on any atom is -0.447 e. The van der Waals surface area contributed by atoms with Gasteiger partial charge in [-0.3, -0.25) is 4.79 Å². The van der Waals surface area contributed by atoms with Gasteiger partial charge in [0.2, 0.25) is 6.41 Å². The standard InChI is InChI=1S/C5H6N2O2/c1-4-7-5(2-9-4)6-3-8/h2-3H,1H3,(H,6,8). The van der Waals surface area contributed by atoms with Gasteiger partial charge in [-0.15, -0.1) is 0 Å². The van der Waals surface area contributed by atoms with Crippen LogP contribution in [0.4, 0.5) is 5.82 Å². The first kappa shape index (κ1) is 5.81. The van der Waals surface area contributed by atoms with Crippen LogP contribution in [-0.2, 0) is 4.79 Å². The number of aromatic nitrogens is 1. The van der Waals surface area contributed by atoms with Crippen molar-refractivity contribution in [3.05, 3.63) is 12.2 Å².